The van der Waals surface area contributed by atoms with E-state index in [-0.39, 0.29) is 11.8 Å². The molecule has 0 spiro atoms. The lowest BCUT2D eigenvalue weighted by molar-refractivity contribution is -0.384. The number of ether oxygens (including phenoxy) is 2. The van der Waals surface area contributed by atoms with Gasteiger partial charge in [-0.15, -0.1) is 0 Å². The van der Waals surface area contributed by atoms with Crippen molar-refractivity contribution in [3.05, 3.63) is 61.2 Å². The number of nitriles is 1. The molecule has 0 unspecified atom stereocenters. The summed E-state index contributed by atoms with van der Waals surface area (Å²) in [6.07, 6.45) is 1.72. The van der Waals surface area contributed by atoms with Crippen molar-refractivity contribution in [2.24, 2.45) is 0 Å². The van der Waals surface area contributed by atoms with Gasteiger partial charge in [0.25, 0.3) is 5.69 Å². The Morgan fingerprint density at radius 1 is 1.31 bits per heavy atom. The highest BCUT2D eigenvalue weighted by atomic mass is 127. The van der Waals surface area contributed by atoms with Gasteiger partial charge >= 0.3 is 0 Å². The van der Waals surface area contributed by atoms with Crippen LogP contribution in [0.2, 0.25) is 0 Å². The van der Waals surface area contributed by atoms with Gasteiger partial charge in [-0.05, 0) is 77.9 Å². The van der Waals surface area contributed by atoms with Crippen LogP contribution in [0.25, 0.3) is 11.6 Å². The number of allylic oxidation sites excluding steroid dienone is 1. The standard InChI is InChI=1S/C19H17IN2O4/c1-12(2)26-19-17(20)9-13(10-18(19)25-3)8-15(11-21)14-4-6-16(7-5-14)22(23)24/h4-10,12H,1-3H3/b15-8-. The van der Waals surface area contributed by atoms with Crippen LogP contribution in [0.5, 0.6) is 11.5 Å². The minimum Gasteiger partial charge on any atom is -0.493 e. The molecule has 134 valence electrons. The summed E-state index contributed by atoms with van der Waals surface area (Å²) in [6, 6.07) is 11.7. The summed E-state index contributed by atoms with van der Waals surface area (Å²) in [4.78, 5) is 10.3. The van der Waals surface area contributed by atoms with Crippen molar-refractivity contribution in [1.29, 1.82) is 5.26 Å². The SMILES string of the molecule is COc1cc(/C=C(/C#N)c2ccc([N+](=O)[O-])cc2)cc(I)c1OC(C)C. The minimum atomic E-state index is -0.472. The summed E-state index contributed by atoms with van der Waals surface area (Å²) < 4.78 is 12.1. The predicted octanol–water partition coefficient (Wildman–Crippen LogP) is 5.06. The molecule has 0 atom stereocenters. The van der Waals surface area contributed by atoms with Crippen LogP contribution < -0.4 is 9.47 Å². The third-order valence-electron chi connectivity index (χ3n) is 3.43. The molecular formula is C19H17IN2O4. The summed E-state index contributed by atoms with van der Waals surface area (Å²) in [5.74, 6) is 1.24. The molecule has 0 N–H and O–H groups in total. The molecule has 0 fully saturated rings. The van der Waals surface area contributed by atoms with E-state index < -0.39 is 4.92 Å². The molecule has 2 rings (SSSR count). The number of nitrogens with zero attached hydrogens (tertiary/aromatic N) is 2. The van der Waals surface area contributed by atoms with Crippen LogP contribution in [0, 0.1) is 25.0 Å². The van der Waals surface area contributed by atoms with Crippen molar-refractivity contribution in [2.75, 3.05) is 7.11 Å². The Bertz CT molecular complexity index is 884. The molecular weight excluding hydrogens is 447 g/mol. The van der Waals surface area contributed by atoms with Gasteiger partial charge < -0.3 is 9.47 Å². The van der Waals surface area contributed by atoms with E-state index in [2.05, 4.69) is 28.7 Å². The van der Waals surface area contributed by atoms with E-state index in [0.717, 1.165) is 9.13 Å². The Balaban J connectivity index is 2.44. The highest BCUT2D eigenvalue weighted by Crippen LogP contribution is 2.35. The maximum atomic E-state index is 10.8. The first-order valence-corrected chi connectivity index (χ1v) is 8.84. The van der Waals surface area contributed by atoms with E-state index in [1.807, 2.05) is 19.9 Å². The Hall–Kier alpha value is -2.60. The number of hydrogen-bond acceptors (Lipinski definition) is 5. The number of methoxy groups -OCH3 is 1. The zero-order valence-corrected chi connectivity index (χ0v) is 16.7. The molecule has 0 aromatic heterocycles. The number of halogens is 1. The molecule has 0 aliphatic carbocycles. The maximum Gasteiger partial charge on any atom is 0.269 e. The van der Waals surface area contributed by atoms with Gasteiger partial charge in [-0.2, -0.15) is 5.26 Å². The largest absolute Gasteiger partial charge is 0.493 e. The first kappa shape index (κ1) is 19.7. The molecule has 0 saturated carbocycles. The summed E-state index contributed by atoms with van der Waals surface area (Å²) in [5, 5.41) is 20.2. The molecule has 26 heavy (non-hydrogen) atoms. The van der Waals surface area contributed by atoms with Crippen molar-refractivity contribution in [1.82, 2.24) is 0 Å². The predicted molar refractivity (Wildman–Crippen MR) is 108 cm³/mol. The molecule has 0 aliphatic rings. The molecule has 0 aliphatic heterocycles. The molecule has 6 nitrogen and oxygen atoms in total. The molecule has 0 saturated heterocycles. The van der Waals surface area contributed by atoms with Crippen LogP contribution in [-0.2, 0) is 0 Å². The number of benzene rings is 2. The Morgan fingerprint density at radius 3 is 2.46 bits per heavy atom. The van der Waals surface area contributed by atoms with E-state index in [1.165, 1.54) is 12.1 Å². The topological polar surface area (TPSA) is 85.4 Å². The highest BCUT2D eigenvalue weighted by molar-refractivity contribution is 14.1. The Labute approximate surface area is 165 Å². The first-order chi connectivity index (χ1) is 12.3. The van der Waals surface area contributed by atoms with Crippen molar-refractivity contribution in [2.45, 2.75) is 20.0 Å². The van der Waals surface area contributed by atoms with E-state index in [9.17, 15) is 15.4 Å². The number of hydrogen-bond donors (Lipinski definition) is 0. The number of nitro benzene ring substituents is 1. The first-order valence-electron chi connectivity index (χ1n) is 7.76. The van der Waals surface area contributed by atoms with Crippen molar-refractivity contribution >= 4 is 39.9 Å². The molecule has 2 aromatic carbocycles. The normalized spacial score (nSPS) is 11.2. The molecule has 0 amide bonds. The van der Waals surface area contributed by atoms with E-state index >= 15 is 0 Å². The summed E-state index contributed by atoms with van der Waals surface area (Å²) in [7, 11) is 1.56. The fraction of sp³-hybridized carbons (Fsp3) is 0.211. The van der Waals surface area contributed by atoms with Crippen LogP contribution in [0.3, 0.4) is 0 Å². The molecule has 0 radical (unpaired) electrons. The lowest BCUT2D eigenvalue weighted by Gasteiger charge is -2.16. The van der Waals surface area contributed by atoms with Crippen molar-refractivity contribution in [3.8, 4) is 17.6 Å². The zero-order chi connectivity index (χ0) is 19.3. The summed E-state index contributed by atoms with van der Waals surface area (Å²) in [5.41, 5.74) is 1.76. The highest BCUT2D eigenvalue weighted by Gasteiger charge is 2.13. The average Bonchev–Trinajstić information content (AvgIpc) is 2.61. The lowest BCUT2D eigenvalue weighted by atomic mass is 10.0. The van der Waals surface area contributed by atoms with Crippen molar-refractivity contribution < 1.29 is 14.4 Å². The van der Waals surface area contributed by atoms with Gasteiger partial charge in [0.05, 0.1) is 33.3 Å². The maximum absolute atomic E-state index is 10.8. The zero-order valence-electron chi connectivity index (χ0n) is 14.5. The van der Waals surface area contributed by atoms with Crippen LogP contribution in [0.1, 0.15) is 25.0 Å². The molecule has 7 heteroatoms. The van der Waals surface area contributed by atoms with Gasteiger partial charge in [0.1, 0.15) is 0 Å². The second kappa shape index (κ2) is 8.67. The third-order valence-corrected chi connectivity index (χ3v) is 4.23. The van der Waals surface area contributed by atoms with Gasteiger partial charge in [0, 0.05) is 12.1 Å². The van der Waals surface area contributed by atoms with Gasteiger partial charge in [-0.1, -0.05) is 0 Å². The summed E-state index contributed by atoms with van der Waals surface area (Å²) in [6.45, 7) is 3.87. The average molecular weight is 464 g/mol. The monoisotopic (exact) mass is 464 g/mol. The van der Waals surface area contributed by atoms with E-state index in [0.29, 0.717) is 22.6 Å². The smallest absolute Gasteiger partial charge is 0.269 e. The van der Waals surface area contributed by atoms with Gasteiger partial charge in [0.2, 0.25) is 0 Å². The van der Waals surface area contributed by atoms with Crippen molar-refractivity contribution in [3.63, 3.8) is 0 Å². The number of non-ortho nitro benzene ring substituents is 1. The fourth-order valence-electron chi connectivity index (χ4n) is 2.28. The van der Waals surface area contributed by atoms with E-state index in [4.69, 9.17) is 9.47 Å². The minimum absolute atomic E-state index is 0.00795. The van der Waals surface area contributed by atoms with Gasteiger partial charge in [0.15, 0.2) is 11.5 Å². The second-order valence-corrected chi connectivity index (χ2v) is 6.84. The Kier molecular flexibility index (Phi) is 6.58. The second-order valence-electron chi connectivity index (χ2n) is 5.67. The van der Waals surface area contributed by atoms with E-state index in [1.54, 1.807) is 31.4 Å². The Morgan fingerprint density at radius 2 is 1.96 bits per heavy atom. The van der Waals surface area contributed by atoms with Crippen LogP contribution in [0.15, 0.2) is 36.4 Å². The van der Waals surface area contributed by atoms with Crippen LogP contribution in [0.4, 0.5) is 5.69 Å². The lowest BCUT2D eigenvalue weighted by Crippen LogP contribution is -2.08. The quantitative estimate of drug-likeness (QED) is 0.196. The summed E-state index contributed by atoms with van der Waals surface area (Å²) >= 11 is 2.16. The molecule has 2 aromatic rings. The van der Waals surface area contributed by atoms with Crippen LogP contribution in [-0.4, -0.2) is 18.1 Å². The molecule has 0 heterocycles. The number of nitro groups is 1. The fourth-order valence-corrected chi connectivity index (χ4v) is 3.04. The third kappa shape index (κ3) is 4.73. The number of rotatable bonds is 6. The van der Waals surface area contributed by atoms with Gasteiger partial charge in [-0.25, -0.2) is 0 Å². The van der Waals surface area contributed by atoms with Crippen LogP contribution >= 0.6 is 22.6 Å². The molecule has 0 bridgehead atoms. The van der Waals surface area contributed by atoms with Gasteiger partial charge in [-0.3, -0.25) is 10.1 Å².